The number of carbonyl (C=O) groups is 12. The summed E-state index contributed by atoms with van der Waals surface area (Å²) in [6.07, 6.45) is -0.706. The van der Waals surface area contributed by atoms with Crippen molar-refractivity contribution in [1.82, 2.24) is 60.0 Å². The Morgan fingerprint density at radius 2 is 1.28 bits per heavy atom. The van der Waals surface area contributed by atoms with Gasteiger partial charge in [0.05, 0.1) is 23.6 Å². The molecule has 582 valence electrons. The Balaban J connectivity index is 1.30. The van der Waals surface area contributed by atoms with Gasteiger partial charge in [0.15, 0.2) is 0 Å². The molecule has 1 spiro atoms. The molecule has 4 saturated heterocycles. The van der Waals surface area contributed by atoms with Crippen molar-refractivity contribution in [3.05, 3.63) is 34.3 Å². The van der Waals surface area contributed by atoms with Crippen LogP contribution in [0.25, 0.3) is 0 Å². The van der Waals surface area contributed by atoms with Crippen molar-refractivity contribution in [1.29, 1.82) is 0 Å². The quantitative estimate of drug-likeness (QED) is 0.116. The van der Waals surface area contributed by atoms with E-state index in [1.165, 1.54) is 79.8 Å². The minimum atomic E-state index is -4.78. The molecule has 0 radical (unpaired) electrons. The third kappa shape index (κ3) is 20.7. The largest absolute Gasteiger partial charge is 0.417 e. The molecule has 1 aromatic rings. The molecule has 0 unspecified atom stereocenters. The van der Waals surface area contributed by atoms with Gasteiger partial charge in [0.2, 0.25) is 77.3 Å². The van der Waals surface area contributed by atoms with Crippen molar-refractivity contribution in [3.63, 3.8) is 0 Å². The van der Waals surface area contributed by atoms with E-state index in [-0.39, 0.29) is 108 Å². The highest BCUT2D eigenvalue weighted by molar-refractivity contribution is 6.31. The zero-order valence-electron chi connectivity index (χ0n) is 62.6. The van der Waals surface area contributed by atoms with Gasteiger partial charge in [0, 0.05) is 74.9 Å². The van der Waals surface area contributed by atoms with Crippen molar-refractivity contribution < 1.29 is 79.5 Å². The number of carbonyl (C=O) groups excluding carboxylic acids is 12. The van der Waals surface area contributed by atoms with Gasteiger partial charge in [-0.3, -0.25) is 57.5 Å². The van der Waals surface area contributed by atoms with E-state index in [0.29, 0.717) is 45.2 Å². The first-order valence-electron chi connectivity index (χ1n) is 37.6. The number of benzene rings is 1. The summed E-state index contributed by atoms with van der Waals surface area (Å²) in [5.74, 6) is -9.11. The predicted octanol–water partition coefficient (Wildman–Crippen LogP) is 7.20. The monoisotopic (exact) mass is 1490 g/mol. The number of unbranched alkanes of at least 4 members (excludes halogenated alkanes) is 1. The summed E-state index contributed by atoms with van der Waals surface area (Å²) >= 11 is 6.16. The van der Waals surface area contributed by atoms with Crippen LogP contribution in [0.4, 0.5) is 22.0 Å². The van der Waals surface area contributed by atoms with Gasteiger partial charge in [-0.05, 0) is 132 Å². The van der Waals surface area contributed by atoms with E-state index in [0.717, 1.165) is 65.4 Å². The predicted molar refractivity (Wildman–Crippen MR) is 379 cm³/mol. The standard InChI is InChI=1S/C74H112ClF5N12O12/c1-12-46(4)62-71(103)85(7)47(5)65(97)92-39-33-55(92)69(101)87(9)57(42-48-24-15-13-16-25-48)67(99)84(6)44-60(93)81-52(32-30-49-29-31-50(51(75)41-49)74(78,79)80)66(98)91-38-23-27-53(91)64(96)83-73(34-19-20-35-73)72(104)89(11)54(26-17-18-28-59(76)77)68(100)88(10)58(70(102)90-36-21-14-22-37-90)43-61(94)86(8)56(40-45(2)3)63(95)82-62/h29,31,41,45-48,52-59,62H,12-28,30,32-40,42-44H2,1-11H3,(H,81,93)(H,82,95)(H,83,96)/t46-,47-,52-,53-,54-,55-,56-,57-,58-,62-/m0/s1. The molecule has 4 heterocycles. The van der Waals surface area contributed by atoms with Gasteiger partial charge in [-0.25, -0.2) is 8.78 Å². The number of aryl methyl sites for hydroxylation is 1. The molecule has 6 fully saturated rings. The maximum absolute atomic E-state index is 15.6. The number of likely N-dealkylation sites (tertiary alicyclic amines) is 1. The zero-order chi connectivity index (χ0) is 76.8. The van der Waals surface area contributed by atoms with Crippen LogP contribution in [-0.4, -0.2) is 256 Å². The minimum absolute atomic E-state index is 0.00147. The van der Waals surface area contributed by atoms with Crippen LogP contribution in [0, 0.1) is 17.8 Å². The van der Waals surface area contributed by atoms with E-state index < -0.39 is 179 Å². The molecule has 6 aliphatic rings. The number of hydrogen-bond donors (Lipinski definition) is 3. The lowest BCUT2D eigenvalue weighted by atomic mass is 9.84. The number of halogens is 6. The second-order valence-electron chi connectivity index (χ2n) is 30.5. The third-order valence-electron chi connectivity index (χ3n) is 22.8. The van der Waals surface area contributed by atoms with Crippen molar-refractivity contribution in [2.24, 2.45) is 17.8 Å². The van der Waals surface area contributed by atoms with Gasteiger partial charge >= 0.3 is 6.18 Å². The van der Waals surface area contributed by atoms with Crippen LogP contribution in [-0.2, 0) is 70.1 Å². The van der Waals surface area contributed by atoms with E-state index in [1.54, 1.807) is 11.8 Å². The lowest BCUT2D eigenvalue weighted by molar-refractivity contribution is -0.160. The Morgan fingerprint density at radius 3 is 1.88 bits per heavy atom. The first kappa shape index (κ1) is 84.1. The molecule has 30 heteroatoms. The number of amides is 12. The van der Waals surface area contributed by atoms with E-state index in [4.69, 9.17) is 11.6 Å². The molecule has 2 saturated carbocycles. The van der Waals surface area contributed by atoms with Crippen molar-refractivity contribution in [3.8, 4) is 0 Å². The van der Waals surface area contributed by atoms with Crippen LogP contribution in [0.2, 0.25) is 5.02 Å². The Bertz CT molecular complexity index is 3240. The molecular weight excluding hydrogens is 1380 g/mol. The molecule has 10 atom stereocenters. The molecule has 1 aromatic carbocycles. The molecular formula is C74H112ClF5N12O12. The number of piperidine rings is 1. The molecule has 104 heavy (non-hydrogen) atoms. The van der Waals surface area contributed by atoms with E-state index in [2.05, 4.69) is 16.0 Å². The van der Waals surface area contributed by atoms with E-state index >= 15 is 33.6 Å². The average molecular weight is 1490 g/mol. The average Bonchev–Trinajstić information content (AvgIpc) is 1.65. The first-order chi connectivity index (χ1) is 49.0. The van der Waals surface area contributed by atoms with Crippen LogP contribution in [0.1, 0.15) is 200 Å². The summed E-state index contributed by atoms with van der Waals surface area (Å²) in [6.45, 7) is 8.80. The van der Waals surface area contributed by atoms with Crippen LogP contribution < -0.4 is 16.0 Å². The SMILES string of the molecule is CC[C@H](C)[C@@H]1NC(=O)[C@H](CC(C)C)N(C)C(=O)C[C@@H](C(=O)N2CCCCC2)N(C)C(=O)[C@H](CCCCC(F)F)N(C)C(=O)C2(CCCC2)NC(=O)[C@@H]2CCCN2C(=O)[C@H](CCc2ccc(C(F)(F)F)c(Cl)c2)NC(=O)CN(C)C(=O)[C@H](CC2CCCCC2)N(C)C(=O)[C@@H]2CCN2C(=O)[C@H](C)N(C)C1=O. The number of rotatable bonds is 15. The minimum Gasteiger partial charge on any atom is -0.343 e. The lowest BCUT2D eigenvalue weighted by Gasteiger charge is -2.45. The fourth-order valence-corrected chi connectivity index (χ4v) is 16.1. The van der Waals surface area contributed by atoms with Gasteiger partial charge in [0.1, 0.15) is 59.9 Å². The Hall–Kier alpha value is -7.20. The molecule has 7 rings (SSSR count). The second-order valence-corrected chi connectivity index (χ2v) is 30.9. The maximum Gasteiger partial charge on any atom is 0.417 e. The smallest absolute Gasteiger partial charge is 0.343 e. The summed E-state index contributed by atoms with van der Waals surface area (Å²) in [5.41, 5.74) is -2.52. The maximum atomic E-state index is 15.6. The van der Waals surface area contributed by atoms with Crippen LogP contribution in [0.15, 0.2) is 18.2 Å². The van der Waals surface area contributed by atoms with E-state index in [1.807, 2.05) is 20.8 Å². The molecule has 0 bridgehead atoms. The molecule has 0 aromatic heterocycles. The summed E-state index contributed by atoms with van der Waals surface area (Å²) < 4.78 is 69.2. The number of nitrogens with one attached hydrogen (secondary N) is 3. The van der Waals surface area contributed by atoms with Gasteiger partial charge in [-0.2, -0.15) is 13.2 Å². The second kappa shape index (κ2) is 37.4. The summed E-state index contributed by atoms with van der Waals surface area (Å²) in [5, 5.41) is 8.03. The topological polar surface area (TPSA) is 270 Å². The van der Waals surface area contributed by atoms with E-state index in [9.17, 15) is 45.9 Å². The van der Waals surface area contributed by atoms with Crippen LogP contribution in [0.3, 0.4) is 0 Å². The van der Waals surface area contributed by atoms with Crippen molar-refractivity contribution in [2.75, 3.05) is 75.0 Å². The highest BCUT2D eigenvalue weighted by atomic mass is 35.5. The molecule has 12 amide bonds. The number of likely N-dealkylation sites (N-methyl/N-ethyl adjacent to an activating group) is 6. The Kier molecular flexibility index (Phi) is 30.2. The number of fused-ring (bicyclic) bond motifs is 2. The molecule has 4 aliphatic heterocycles. The normalized spacial score (nSPS) is 27.2. The number of alkyl halides is 5. The Labute approximate surface area is 614 Å². The summed E-state index contributed by atoms with van der Waals surface area (Å²) in [4.78, 5) is 192. The van der Waals surface area contributed by atoms with Crippen molar-refractivity contribution in [2.45, 2.75) is 268 Å². The zero-order valence-corrected chi connectivity index (χ0v) is 63.4. The van der Waals surface area contributed by atoms with Crippen LogP contribution >= 0.6 is 11.6 Å². The Morgan fingerprint density at radius 1 is 0.635 bits per heavy atom. The summed E-state index contributed by atoms with van der Waals surface area (Å²) in [7, 11) is 8.31. The lowest BCUT2D eigenvalue weighted by Crippen LogP contribution is -2.65. The van der Waals surface area contributed by atoms with Gasteiger partial charge in [0.25, 0.3) is 0 Å². The molecule has 2 aliphatic carbocycles. The fourth-order valence-electron chi connectivity index (χ4n) is 15.8. The molecule has 3 N–H and O–H groups in total. The number of hydrogen-bond acceptors (Lipinski definition) is 12. The van der Waals surface area contributed by atoms with Gasteiger partial charge in [-0.1, -0.05) is 103 Å². The fraction of sp³-hybridized carbons (Fsp3) is 0.757. The van der Waals surface area contributed by atoms with Gasteiger partial charge in [-0.15, -0.1) is 0 Å². The van der Waals surface area contributed by atoms with Gasteiger partial charge < -0.3 is 60.0 Å². The van der Waals surface area contributed by atoms with Crippen molar-refractivity contribution >= 4 is 82.5 Å². The molecule has 24 nitrogen and oxygen atoms in total. The highest BCUT2D eigenvalue weighted by Gasteiger charge is 2.51. The number of nitrogens with zero attached hydrogens (tertiary/aromatic N) is 9. The first-order valence-corrected chi connectivity index (χ1v) is 37.9. The van der Waals surface area contributed by atoms with Crippen LogP contribution in [0.5, 0.6) is 0 Å². The third-order valence-corrected chi connectivity index (χ3v) is 23.1. The highest BCUT2D eigenvalue weighted by Crippen LogP contribution is 2.38. The summed E-state index contributed by atoms with van der Waals surface area (Å²) in [6, 6.07) is -8.52.